The topological polar surface area (TPSA) is 65.5 Å². The summed E-state index contributed by atoms with van der Waals surface area (Å²) in [5, 5.41) is 14.7. The Kier molecular flexibility index (Phi) is 6.16. The average Bonchev–Trinajstić information content (AvgIpc) is 2.84. The largest absolute Gasteiger partial charge is 0.395 e. The summed E-state index contributed by atoms with van der Waals surface area (Å²) in [5.74, 6) is 0. The van der Waals surface area contributed by atoms with Crippen LogP contribution in [0, 0.1) is 0 Å². The third-order valence-corrected chi connectivity index (χ3v) is 3.94. The van der Waals surface area contributed by atoms with Crippen LogP contribution in [-0.2, 0) is 12.0 Å². The summed E-state index contributed by atoms with van der Waals surface area (Å²) in [6.45, 7) is 11.0. The molecule has 0 saturated heterocycles. The summed E-state index contributed by atoms with van der Waals surface area (Å²) in [5.41, 5.74) is 0.884. The smallest absolute Gasteiger partial charge is 0.318 e. The lowest BCUT2D eigenvalue weighted by atomic mass is 9.98. The number of carbonyl (C=O) groups is 1. The molecule has 0 spiro atoms. The summed E-state index contributed by atoms with van der Waals surface area (Å²) in [6, 6.07) is -0.218. The van der Waals surface area contributed by atoms with Crippen LogP contribution >= 0.6 is 11.3 Å². The van der Waals surface area contributed by atoms with Crippen LogP contribution in [0.25, 0.3) is 0 Å². The number of thiazole rings is 1. The Balaban J connectivity index is 2.55. The second-order valence-electron chi connectivity index (χ2n) is 5.51. The van der Waals surface area contributed by atoms with Crippen LogP contribution in [-0.4, -0.2) is 40.7 Å². The first-order valence-electron chi connectivity index (χ1n) is 6.58. The van der Waals surface area contributed by atoms with Crippen molar-refractivity contribution in [1.82, 2.24) is 15.2 Å². The number of urea groups is 1. The van der Waals surface area contributed by atoms with E-state index in [4.69, 9.17) is 5.11 Å². The normalized spacial score (nSPS) is 11.2. The number of aliphatic hydroxyl groups is 1. The summed E-state index contributed by atoms with van der Waals surface area (Å²) in [4.78, 5) is 18.0. The molecular formula is C14H23N3O2S. The van der Waals surface area contributed by atoms with Crippen molar-refractivity contribution in [3.8, 4) is 0 Å². The number of rotatable bonds is 6. The van der Waals surface area contributed by atoms with Crippen molar-refractivity contribution in [3.63, 3.8) is 0 Å². The minimum atomic E-state index is -0.218. The monoisotopic (exact) mass is 297 g/mol. The fourth-order valence-electron chi connectivity index (χ4n) is 1.56. The molecule has 1 aromatic heterocycles. The van der Waals surface area contributed by atoms with Crippen molar-refractivity contribution >= 4 is 17.4 Å². The zero-order valence-corrected chi connectivity index (χ0v) is 13.2. The van der Waals surface area contributed by atoms with Crippen LogP contribution in [0.15, 0.2) is 18.0 Å². The van der Waals surface area contributed by atoms with Gasteiger partial charge in [-0.1, -0.05) is 26.8 Å². The van der Waals surface area contributed by atoms with Gasteiger partial charge in [0.25, 0.3) is 0 Å². The Morgan fingerprint density at radius 1 is 1.60 bits per heavy atom. The molecule has 0 aliphatic rings. The van der Waals surface area contributed by atoms with Crippen LogP contribution in [0.3, 0.4) is 0 Å². The van der Waals surface area contributed by atoms with Gasteiger partial charge in [0.05, 0.1) is 23.9 Å². The third-order valence-electron chi connectivity index (χ3n) is 2.62. The first kappa shape index (κ1) is 16.7. The number of carbonyl (C=O) groups excluding carboxylic acids is 1. The second-order valence-corrected chi connectivity index (χ2v) is 6.37. The molecule has 0 aliphatic carbocycles. The van der Waals surface area contributed by atoms with Gasteiger partial charge in [-0.15, -0.1) is 17.9 Å². The van der Waals surface area contributed by atoms with Gasteiger partial charge in [-0.3, -0.25) is 0 Å². The number of nitrogens with one attached hydrogen (secondary N) is 1. The first-order valence-corrected chi connectivity index (χ1v) is 7.46. The van der Waals surface area contributed by atoms with Crippen molar-refractivity contribution in [3.05, 3.63) is 28.7 Å². The van der Waals surface area contributed by atoms with Crippen LogP contribution in [0.2, 0.25) is 0 Å². The predicted molar refractivity (Wildman–Crippen MR) is 81.9 cm³/mol. The number of hydrogen-bond donors (Lipinski definition) is 2. The Bertz CT molecular complexity index is 452. The molecule has 20 heavy (non-hydrogen) atoms. The van der Waals surface area contributed by atoms with E-state index in [-0.39, 0.29) is 18.1 Å². The fraction of sp³-hybridized carbons (Fsp3) is 0.571. The van der Waals surface area contributed by atoms with Crippen LogP contribution < -0.4 is 5.32 Å². The van der Waals surface area contributed by atoms with Gasteiger partial charge in [0.1, 0.15) is 0 Å². The quantitative estimate of drug-likeness (QED) is 0.791. The lowest BCUT2D eigenvalue weighted by molar-refractivity contribution is 0.183. The highest BCUT2D eigenvalue weighted by Crippen LogP contribution is 2.25. The Morgan fingerprint density at radius 3 is 2.80 bits per heavy atom. The van der Waals surface area contributed by atoms with Crippen LogP contribution in [0.4, 0.5) is 4.79 Å². The van der Waals surface area contributed by atoms with Gasteiger partial charge in [0, 0.05) is 23.9 Å². The Morgan fingerprint density at radius 2 is 2.30 bits per heavy atom. The molecule has 0 fully saturated rings. The molecule has 0 unspecified atom stereocenters. The Hall–Kier alpha value is -1.40. The molecule has 0 aromatic carbocycles. The molecule has 1 rings (SSSR count). The SMILES string of the molecule is C=CCN(CCO)C(=O)NCc1csc(C(C)(C)C)n1. The fourth-order valence-corrected chi connectivity index (χ4v) is 2.47. The standard InChI is InChI=1S/C14H23N3O2S/c1-5-6-17(7-8-18)13(19)15-9-11-10-20-12(16-11)14(2,3)4/h5,10,18H,1,6-9H2,2-4H3,(H,15,19). The van der Waals surface area contributed by atoms with E-state index in [0.717, 1.165) is 10.7 Å². The Labute approximate surface area is 124 Å². The molecule has 0 atom stereocenters. The van der Waals surface area contributed by atoms with Gasteiger partial charge in [-0.05, 0) is 0 Å². The van der Waals surface area contributed by atoms with Crippen LogP contribution in [0.5, 0.6) is 0 Å². The average molecular weight is 297 g/mol. The van der Waals surface area contributed by atoms with Crippen molar-refractivity contribution in [2.24, 2.45) is 0 Å². The van der Waals surface area contributed by atoms with E-state index in [1.807, 2.05) is 5.38 Å². The van der Waals surface area contributed by atoms with Gasteiger partial charge < -0.3 is 15.3 Å². The number of amides is 2. The van der Waals surface area contributed by atoms with Gasteiger partial charge in [-0.25, -0.2) is 9.78 Å². The van der Waals surface area contributed by atoms with Gasteiger partial charge in [0.15, 0.2) is 0 Å². The predicted octanol–water partition coefficient (Wildman–Crippen LogP) is 2.13. The number of nitrogens with zero attached hydrogens (tertiary/aromatic N) is 2. The van der Waals surface area contributed by atoms with E-state index in [9.17, 15) is 4.79 Å². The lowest BCUT2D eigenvalue weighted by Crippen LogP contribution is -2.41. The molecule has 0 saturated carbocycles. The van der Waals surface area contributed by atoms with E-state index in [1.165, 1.54) is 4.90 Å². The number of aromatic nitrogens is 1. The molecule has 2 amide bonds. The van der Waals surface area contributed by atoms with E-state index >= 15 is 0 Å². The maximum Gasteiger partial charge on any atom is 0.318 e. The van der Waals surface area contributed by atoms with E-state index in [2.05, 4.69) is 37.7 Å². The summed E-state index contributed by atoms with van der Waals surface area (Å²) < 4.78 is 0. The van der Waals surface area contributed by atoms with Gasteiger partial charge >= 0.3 is 6.03 Å². The van der Waals surface area contributed by atoms with Gasteiger partial charge in [0.2, 0.25) is 0 Å². The van der Waals surface area contributed by atoms with E-state index in [0.29, 0.717) is 19.6 Å². The zero-order chi connectivity index (χ0) is 15.2. The van der Waals surface area contributed by atoms with Crippen molar-refractivity contribution in [2.45, 2.75) is 32.7 Å². The molecule has 0 bridgehead atoms. The lowest BCUT2D eigenvalue weighted by Gasteiger charge is -2.20. The van der Waals surface area contributed by atoms with E-state index in [1.54, 1.807) is 17.4 Å². The first-order chi connectivity index (χ1) is 9.38. The minimum Gasteiger partial charge on any atom is -0.395 e. The molecule has 0 aliphatic heterocycles. The highest BCUT2D eigenvalue weighted by molar-refractivity contribution is 7.09. The molecule has 112 valence electrons. The third kappa shape index (κ3) is 4.94. The summed E-state index contributed by atoms with van der Waals surface area (Å²) in [7, 11) is 0. The molecule has 2 N–H and O–H groups in total. The van der Waals surface area contributed by atoms with Crippen molar-refractivity contribution < 1.29 is 9.90 Å². The van der Waals surface area contributed by atoms with Crippen molar-refractivity contribution in [1.29, 1.82) is 0 Å². The molecule has 0 radical (unpaired) electrons. The maximum atomic E-state index is 11.9. The molecule has 1 aromatic rings. The van der Waals surface area contributed by atoms with Gasteiger partial charge in [-0.2, -0.15) is 0 Å². The van der Waals surface area contributed by atoms with Crippen molar-refractivity contribution in [2.75, 3.05) is 19.7 Å². The number of aliphatic hydroxyl groups excluding tert-OH is 1. The molecule has 5 nitrogen and oxygen atoms in total. The molecular weight excluding hydrogens is 274 g/mol. The van der Waals surface area contributed by atoms with Crippen LogP contribution in [0.1, 0.15) is 31.5 Å². The number of hydrogen-bond acceptors (Lipinski definition) is 4. The highest BCUT2D eigenvalue weighted by Gasteiger charge is 2.18. The zero-order valence-electron chi connectivity index (χ0n) is 12.3. The summed E-state index contributed by atoms with van der Waals surface area (Å²) >= 11 is 1.60. The van der Waals surface area contributed by atoms with E-state index < -0.39 is 0 Å². The molecule has 6 heteroatoms. The second kappa shape index (κ2) is 7.40. The maximum absolute atomic E-state index is 11.9. The molecule has 1 heterocycles. The minimum absolute atomic E-state index is 0.0265. The highest BCUT2D eigenvalue weighted by atomic mass is 32.1. The summed E-state index contributed by atoms with van der Waals surface area (Å²) in [6.07, 6.45) is 1.63.